The number of rotatable bonds is 5. The maximum absolute atomic E-state index is 13.1. The Labute approximate surface area is 222 Å². The molecule has 1 aliphatic carbocycles. The molecule has 3 aliphatic rings. The van der Waals surface area contributed by atoms with Crippen LogP contribution in [-0.4, -0.2) is 60.3 Å². The lowest BCUT2D eigenvalue weighted by Crippen LogP contribution is -2.48. The number of nitrogens with one attached hydrogen (secondary N) is 2. The zero-order valence-electron chi connectivity index (χ0n) is 22.1. The molecule has 38 heavy (non-hydrogen) atoms. The molecule has 4 aromatic rings. The standard InChI is InChI=1S/C31H33N5O2/c1-19(2)35-12-14-36(15-13-35)22-7-4-20(5-8-22)29-24-10-6-21(16-28(24)33-34-29)26-18-31(26)25-17-23(38-3)9-11-27(25)32-30(31)37/h4-11,16-17,19,26H,12-15,18H2,1-3H3,(H,32,37)(H,33,34). The highest BCUT2D eigenvalue weighted by Gasteiger charge is 2.65. The van der Waals surface area contributed by atoms with Gasteiger partial charge in [0, 0.05) is 60.5 Å². The molecule has 0 bridgehead atoms. The molecule has 1 saturated carbocycles. The fourth-order valence-electron chi connectivity index (χ4n) is 6.50. The summed E-state index contributed by atoms with van der Waals surface area (Å²) < 4.78 is 5.44. The van der Waals surface area contributed by atoms with Crippen LogP contribution in [0.2, 0.25) is 0 Å². The quantitative estimate of drug-likeness (QED) is 0.391. The maximum Gasteiger partial charge on any atom is 0.235 e. The Kier molecular flexibility index (Phi) is 5.27. The Hall–Kier alpha value is -3.84. The van der Waals surface area contributed by atoms with Crippen LogP contribution in [0.3, 0.4) is 0 Å². The van der Waals surface area contributed by atoms with Gasteiger partial charge in [0.1, 0.15) is 5.75 Å². The van der Waals surface area contributed by atoms with E-state index < -0.39 is 5.41 Å². The number of ether oxygens (including phenoxy) is 1. The number of hydrogen-bond acceptors (Lipinski definition) is 5. The third-order valence-electron chi connectivity index (χ3n) is 8.86. The molecule has 2 unspecified atom stereocenters. The Morgan fingerprint density at radius 3 is 2.53 bits per heavy atom. The first kappa shape index (κ1) is 23.3. The SMILES string of the molecule is COc1ccc2c(c1)C1(CC1c1ccc3c(-c4ccc(N5CCN(C(C)C)CC5)cc4)n[nH]c3c1)C(=O)N2. The van der Waals surface area contributed by atoms with Crippen LogP contribution in [-0.2, 0) is 10.2 Å². The summed E-state index contributed by atoms with van der Waals surface area (Å²) in [6.45, 7) is 8.87. The van der Waals surface area contributed by atoms with Gasteiger partial charge in [-0.25, -0.2) is 0 Å². The second kappa shape index (κ2) is 8.60. The van der Waals surface area contributed by atoms with Crippen molar-refractivity contribution < 1.29 is 9.53 Å². The number of benzene rings is 3. The molecule has 3 heterocycles. The van der Waals surface area contributed by atoms with Gasteiger partial charge in [-0.1, -0.05) is 24.3 Å². The second-order valence-electron chi connectivity index (χ2n) is 11.1. The number of carbonyl (C=O) groups is 1. The van der Waals surface area contributed by atoms with Crippen LogP contribution in [0.25, 0.3) is 22.2 Å². The number of amides is 1. The van der Waals surface area contributed by atoms with Crippen LogP contribution < -0.4 is 15.0 Å². The van der Waals surface area contributed by atoms with Crippen LogP contribution in [0.5, 0.6) is 5.75 Å². The van der Waals surface area contributed by atoms with Crippen molar-refractivity contribution in [3.8, 4) is 17.0 Å². The van der Waals surface area contributed by atoms with E-state index in [0.717, 1.165) is 77.3 Å². The van der Waals surface area contributed by atoms with Crippen molar-refractivity contribution in [1.29, 1.82) is 0 Å². The number of aromatic nitrogens is 2. The molecule has 1 spiro atoms. The van der Waals surface area contributed by atoms with Crippen molar-refractivity contribution in [2.45, 2.75) is 37.6 Å². The topological polar surface area (TPSA) is 73.5 Å². The first-order valence-corrected chi connectivity index (χ1v) is 13.6. The van der Waals surface area contributed by atoms with Gasteiger partial charge in [-0.2, -0.15) is 5.10 Å². The summed E-state index contributed by atoms with van der Waals surface area (Å²) in [5, 5.41) is 12.1. The number of nitrogens with zero attached hydrogens (tertiary/aromatic N) is 3. The number of hydrogen-bond donors (Lipinski definition) is 2. The van der Waals surface area contributed by atoms with Crippen LogP contribution >= 0.6 is 0 Å². The number of aromatic amines is 1. The molecule has 194 valence electrons. The van der Waals surface area contributed by atoms with Gasteiger partial charge in [0.15, 0.2) is 0 Å². The van der Waals surface area contributed by atoms with Crippen LogP contribution in [0.15, 0.2) is 60.7 Å². The van der Waals surface area contributed by atoms with E-state index in [1.54, 1.807) is 7.11 Å². The van der Waals surface area contributed by atoms with E-state index in [2.05, 4.69) is 81.6 Å². The summed E-state index contributed by atoms with van der Waals surface area (Å²) >= 11 is 0. The predicted molar refractivity (Wildman–Crippen MR) is 151 cm³/mol. The van der Waals surface area contributed by atoms with Gasteiger partial charge >= 0.3 is 0 Å². The van der Waals surface area contributed by atoms with Gasteiger partial charge < -0.3 is 15.0 Å². The molecule has 1 saturated heterocycles. The zero-order chi connectivity index (χ0) is 26.0. The summed E-state index contributed by atoms with van der Waals surface area (Å²) in [5.74, 6) is 1.01. The molecule has 7 heteroatoms. The minimum atomic E-state index is -0.503. The van der Waals surface area contributed by atoms with Crippen molar-refractivity contribution in [3.63, 3.8) is 0 Å². The minimum Gasteiger partial charge on any atom is -0.497 e. The molecule has 3 aromatic carbocycles. The molecular formula is C31H33N5O2. The van der Waals surface area contributed by atoms with Crippen molar-refractivity contribution >= 4 is 28.2 Å². The smallest absolute Gasteiger partial charge is 0.235 e. The molecule has 0 radical (unpaired) electrons. The fourth-order valence-corrected chi connectivity index (χ4v) is 6.50. The van der Waals surface area contributed by atoms with Crippen molar-refractivity contribution in [2.24, 2.45) is 0 Å². The lowest BCUT2D eigenvalue weighted by molar-refractivity contribution is -0.118. The van der Waals surface area contributed by atoms with E-state index in [1.165, 1.54) is 5.69 Å². The minimum absolute atomic E-state index is 0.0851. The monoisotopic (exact) mass is 507 g/mol. The van der Waals surface area contributed by atoms with E-state index >= 15 is 0 Å². The third-order valence-corrected chi connectivity index (χ3v) is 8.86. The fraction of sp³-hybridized carbons (Fsp3) is 0.355. The van der Waals surface area contributed by atoms with Crippen LogP contribution in [0.4, 0.5) is 11.4 Å². The average Bonchev–Trinajstić information content (AvgIpc) is 3.47. The summed E-state index contributed by atoms with van der Waals surface area (Å²) in [6.07, 6.45) is 0.804. The number of fused-ring (bicyclic) bond motifs is 3. The van der Waals surface area contributed by atoms with Gasteiger partial charge in [0.05, 0.1) is 23.7 Å². The highest BCUT2D eigenvalue weighted by Crippen LogP contribution is 2.65. The third kappa shape index (κ3) is 3.52. The largest absolute Gasteiger partial charge is 0.497 e. The van der Waals surface area contributed by atoms with Crippen molar-refractivity contribution in [1.82, 2.24) is 15.1 Å². The van der Waals surface area contributed by atoms with E-state index in [0.29, 0.717) is 6.04 Å². The normalized spacial score (nSPS) is 22.8. The highest BCUT2D eigenvalue weighted by molar-refractivity contribution is 6.10. The Balaban J connectivity index is 1.12. The first-order valence-electron chi connectivity index (χ1n) is 13.6. The van der Waals surface area contributed by atoms with E-state index in [1.807, 2.05) is 18.2 Å². The molecule has 2 fully saturated rings. The second-order valence-corrected chi connectivity index (χ2v) is 11.1. The Morgan fingerprint density at radius 1 is 1.00 bits per heavy atom. The van der Waals surface area contributed by atoms with Crippen LogP contribution in [0, 0.1) is 0 Å². The summed E-state index contributed by atoms with van der Waals surface area (Å²) in [5.41, 5.74) is 6.93. The number of piperazine rings is 1. The summed E-state index contributed by atoms with van der Waals surface area (Å²) in [6, 6.07) is 21.7. The van der Waals surface area contributed by atoms with Gasteiger partial charge in [0.25, 0.3) is 0 Å². The number of methoxy groups -OCH3 is 1. The predicted octanol–water partition coefficient (Wildman–Crippen LogP) is 5.15. The van der Waals surface area contributed by atoms with E-state index in [4.69, 9.17) is 4.74 Å². The molecule has 1 aromatic heterocycles. The first-order chi connectivity index (χ1) is 18.5. The molecule has 2 aliphatic heterocycles. The maximum atomic E-state index is 13.1. The molecule has 7 nitrogen and oxygen atoms in total. The van der Waals surface area contributed by atoms with Crippen molar-refractivity contribution in [3.05, 3.63) is 71.8 Å². The molecule has 1 amide bonds. The van der Waals surface area contributed by atoms with E-state index in [9.17, 15) is 4.79 Å². The molecular weight excluding hydrogens is 474 g/mol. The average molecular weight is 508 g/mol. The highest BCUT2D eigenvalue weighted by atomic mass is 16.5. The van der Waals surface area contributed by atoms with Gasteiger partial charge in [-0.05, 0) is 67.8 Å². The number of carbonyl (C=O) groups excluding carboxylic acids is 1. The Bertz CT molecular complexity index is 1530. The number of anilines is 2. The molecule has 7 rings (SSSR count). The molecule has 2 atom stereocenters. The lowest BCUT2D eigenvalue weighted by Gasteiger charge is -2.38. The van der Waals surface area contributed by atoms with Gasteiger partial charge in [0.2, 0.25) is 5.91 Å². The van der Waals surface area contributed by atoms with Crippen LogP contribution in [0.1, 0.15) is 37.3 Å². The summed E-state index contributed by atoms with van der Waals surface area (Å²) in [7, 11) is 1.66. The van der Waals surface area contributed by atoms with Gasteiger partial charge in [-0.3, -0.25) is 14.8 Å². The van der Waals surface area contributed by atoms with Crippen molar-refractivity contribution in [2.75, 3.05) is 43.5 Å². The Morgan fingerprint density at radius 2 is 1.79 bits per heavy atom. The van der Waals surface area contributed by atoms with E-state index in [-0.39, 0.29) is 11.8 Å². The summed E-state index contributed by atoms with van der Waals surface area (Å²) in [4.78, 5) is 18.1. The lowest BCUT2D eigenvalue weighted by atomic mass is 9.91. The zero-order valence-corrected chi connectivity index (χ0v) is 22.1. The number of H-pyrrole nitrogens is 1. The van der Waals surface area contributed by atoms with Gasteiger partial charge in [-0.15, -0.1) is 0 Å². The molecule has 2 N–H and O–H groups in total.